The van der Waals surface area contributed by atoms with Crippen molar-refractivity contribution >= 4 is 76.1 Å². The summed E-state index contributed by atoms with van der Waals surface area (Å²) in [6, 6.07) is 69.6. The first-order valence-electron chi connectivity index (χ1n) is 19.1. The lowest BCUT2D eigenvalue weighted by Gasteiger charge is -2.14. The molecule has 0 aliphatic heterocycles. The fourth-order valence-corrected chi connectivity index (χ4v) is 9.08. The Hall–Kier alpha value is -7.56. The van der Waals surface area contributed by atoms with Gasteiger partial charge in [0.1, 0.15) is 0 Å². The predicted octanol–water partition coefficient (Wildman–Crippen LogP) is 13.5. The van der Waals surface area contributed by atoms with Gasteiger partial charge in [0.25, 0.3) is 0 Å². The van der Waals surface area contributed by atoms with E-state index >= 15 is 0 Å². The Bertz CT molecular complexity index is 3530. The van der Waals surface area contributed by atoms with Crippen LogP contribution in [-0.4, -0.2) is 19.1 Å². The van der Waals surface area contributed by atoms with Crippen molar-refractivity contribution in [3.05, 3.63) is 194 Å². The molecule has 0 amide bonds. The lowest BCUT2D eigenvalue weighted by Crippen LogP contribution is -2.03. The molecule has 9 aromatic carbocycles. The van der Waals surface area contributed by atoms with Crippen molar-refractivity contribution in [3.8, 4) is 34.0 Å². The molecule has 0 bridgehead atoms. The molecule has 0 atom stereocenters. The van der Waals surface area contributed by atoms with Gasteiger partial charge in [-0.25, -0.2) is 9.97 Å². The van der Waals surface area contributed by atoms with Crippen LogP contribution in [0.3, 0.4) is 0 Å². The third-order valence-electron chi connectivity index (χ3n) is 11.5. The fraction of sp³-hybridized carbons (Fsp3) is 0. The van der Waals surface area contributed by atoms with Gasteiger partial charge in [-0.3, -0.25) is 4.57 Å². The topological polar surface area (TPSA) is 35.6 Å². The molecule has 12 aromatic rings. The number of benzene rings is 9. The van der Waals surface area contributed by atoms with Crippen molar-refractivity contribution in [2.45, 2.75) is 0 Å². The van der Waals surface area contributed by atoms with Crippen LogP contribution >= 0.6 is 0 Å². The Morgan fingerprint density at radius 3 is 1.80 bits per heavy atom. The van der Waals surface area contributed by atoms with E-state index in [1.807, 2.05) is 0 Å². The largest absolute Gasteiger partial charge is 0.309 e. The summed E-state index contributed by atoms with van der Waals surface area (Å²) in [5.74, 6) is 0.652. The van der Waals surface area contributed by atoms with Gasteiger partial charge in [0.15, 0.2) is 0 Å². The summed E-state index contributed by atoms with van der Waals surface area (Å²) >= 11 is 0. The minimum absolute atomic E-state index is 0.652. The first-order valence-corrected chi connectivity index (χ1v) is 19.1. The van der Waals surface area contributed by atoms with E-state index in [-0.39, 0.29) is 0 Å². The van der Waals surface area contributed by atoms with E-state index in [2.05, 4.69) is 203 Å². The second-order valence-corrected chi connectivity index (χ2v) is 14.6. The number of hydrogen-bond donors (Lipinski definition) is 0. The summed E-state index contributed by atoms with van der Waals surface area (Å²) in [6.07, 6.45) is 0. The molecule has 4 nitrogen and oxygen atoms in total. The maximum atomic E-state index is 5.48. The van der Waals surface area contributed by atoms with E-state index in [1.165, 1.54) is 54.3 Å². The van der Waals surface area contributed by atoms with E-state index in [4.69, 9.17) is 9.97 Å². The zero-order chi connectivity index (χ0) is 36.7. The molecule has 3 heterocycles. The molecule has 12 rings (SSSR count). The van der Waals surface area contributed by atoms with Crippen molar-refractivity contribution in [2.24, 2.45) is 0 Å². The Balaban J connectivity index is 1.16. The van der Waals surface area contributed by atoms with Crippen LogP contribution in [-0.2, 0) is 0 Å². The molecule has 0 N–H and O–H groups in total. The summed E-state index contributed by atoms with van der Waals surface area (Å²) in [5.41, 5.74) is 10.9. The monoisotopic (exact) mass is 712 g/mol. The van der Waals surface area contributed by atoms with E-state index < -0.39 is 0 Å². The van der Waals surface area contributed by atoms with E-state index in [9.17, 15) is 0 Å². The summed E-state index contributed by atoms with van der Waals surface area (Å²) in [6.45, 7) is 0. The SMILES string of the molecule is c1ccc(-n2c3ccccc3c3c4ccccc4c(-c4ccc5c6ccccc6n(-c6nc(-c7cccc8ccccc78)c7ccccc7n6)c5c4)cc32)cc1. The van der Waals surface area contributed by atoms with Gasteiger partial charge in [-0.15, -0.1) is 0 Å². The molecule has 260 valence electrons. The van der Waals surface area contributed by atoms with Gasteiger partial charge in [0.05, 0.1) is 33.3 Å². The molecular formula is C52H32N4. The normalized spacial score (nSPS) is 11.9. The second-order valence-electron chi connectivity index (χ2n) is 14.6. The number of nitrogens with zero attached hydrogens (tertiary/aromatic N) is 4. The van der Waals surface area contributed by atoms with Crippen LogP contribution in [0, 0.1) is 0 Å². The Morgan fingerprint density at radius 2 is 0.964 bits per heavy atom. The highest BCUT2D eigenvalue weighted by atomic mass is 15.2. The maximum Gasteiger partial charge on any atom is 0.235 e. The molecular weight excluding hydrogens is 681 g/mol. The quantitative estimate of drug-likeness (QED) is 0.182. The van der Waals surface area contributed by atoms with E-state index in [1.54, 1.807) is 0 Å². The van der Waals surface area contributed by atoms with E-state index in [0.29, 0.717) is 5.95 Å². The first kappa shape index (κ1) is 30.9. The number of hydrogen-bond acceptors (Lipinski definition) is 2. The second kappa shape index (κ2) is 12.0. The van der Waals surface area contributed by atoms with Crippen LogP contribution in [0.2, 0.25) is 0 Å². The van der Waals surface area contributed by atoms with Crippen molar-refractivity contribution < 1.29 is 0 Å². The molecule has 0 saturated heterocycles. The first-order chi connectivity index (χ1) is 27.8. The number of para-hydroxylation sites is 4. The molecule has 0 unspecified atom stereocenters. The Morgan fingerprint density at radius 1 is 0.339 bits per heavy atom. The van der Waals surface area contributed by atoms with Gasteiger partial charge in [0, 0.05) is 38.2 Å². The third-order valence-corrected chi connectivity index (χ3v) is 11.5. The average Bonchev–Trinajstić information content (AvgIpc) is 3.78. The van der Waals surface area contributed by atoms with Crippen LogP contribution in [0.15, 0.2) is 194 Å². The zero-order valence-electron chi connectivity index (χ0n) is 30.3. The third kappa shape index (κ3) is 4.47. The zero-order valence-corrected chi connectivity index (χ0v) is 30.3. The Labute approximate surface area is 322 Å². The van der Waals surface area contributed by atoms with Gasteiger partial charge in [-0.05, 0) is 75.1 Å². The lowest BCUT2D eigenvalue weighted by atomic mass is 9.94. The highest BCUT2D eigenvalue weighted by Gasteiger charge is 2.21. The molecule has 0 aliphatic carbocycles. The highest BCUT2D eigenvalue weighted by Crippen LogP contribution is 2.43. The van der Waals surface area contributed by atoms with Gasteiger partial charge in [-0.1, -0.05) is 152 Å². The predicted molar refractivity (Wildman–Crippen MR) is 234 cm³/mol. The van der Waals surface area contributed by atoms with Crippen molar-refractivity contribution in [2.75, 3.05) is 0 Å². The van der Waals surface area contributed by atoms with Gasteiger partial charge in [-0.2, -0.15) is 0 Å². The van der Waals surface area contributed by atoms with E-state index in [0.717, 1.165) is 49.8 Å². The number of aromatic nitrogens is 4. The Kier molecular flexibility index (Phi) is 6.60. The molecule has 4 heteroatoms. The number of fused-ring (bicyclic) bond motifs is 10. The highest BCUT2D eigenvalue weighted by molar-refractivity contribution is 6.24. The molecule has 0 aliphatic rings. The fourth-order valence-electron chi connectivity index (χ4n) is 9.08. The van der Waals surface area contributed by atoms with Gasteiger partial charge in [0.2, 0.25) is 5.95 Å². The minimum Gasteiger partial charge on any atom is -0.309 e. The molecule has 56 heavy (non-hydrogen) atoms. The van der Waals surface area contributed by atoms with Crippen LogP contribution in [0.4, 0.5) is 0 Å². The lowest BCUT2D eigenvalue weighted by molar-refractivity contribution is 1.01. The van der Waals surface area contributed by atoms with Gasteiger partial charge >= 0.3 is 0 Å². The summed E-state index contributed by atoms with van der Waals surface area (Å²) in [7, 11) is 0. The van der Waals surface area contributed by atoms with Crippen molar-refractivity contribution in [1.29, 1.82) is 0 Å². The molecule has 0 radical (unpaired) electrons. The number of rotatable bonds is 4. The van der Waals surface area contributed by atoms with Crippen molar-refractivity contribution in [3.63, 3.8) is 0 Å². The minimum atomic E-state index is 0.652. The molecule has 0 saturated carbocycles. The summed E-state index contributed by atoms with van der Waals surface area (Å²) in [4.78, 5) is 10.8. The smallest absolute Gasteiger partial charge is 0.235 e. The van der Waals surface area contributed by atoms with Crippen LogP contribution < -0.4 is 0 Å². The summed E-state index contributed by atoms with van der Waals surface area (Å²) < 4.78 is 4.67. The molecule has 0 spiro atoms. The molecule has 0 fully saturated rings. The van der Waals surface area contributed by atoms with Crippen LogP contribution in [0.5, 0.6) is 0 Å². The standard InChI is InChI=1S/C52H32N4/c1-2-17-35(18-3-1)55-47-28-13-10-24-43(47)50-40-22-7-6-20-37(40)44(32-49(50)55)34-29-30-39-38-21-9-12-27-46(38)56(48(39)31-34)52-53-45-26-11-8-23-42(45)51(54-52)41-25-14-16-33-15-4-5-19-36(33)41/h1-32H. The molecule has 3 aromatic heterocycles. The summed E-state index contributed by atoms with van der Waals surface area (Å²) in [5, 5.41) is 10.7. The average molecular weight is 713 g/mol. The van der Waals surface area contributed by atoms with Gasteiger partial charge < -0.3 is 4.57 Å². The van der Waals surface area contributed by atoms with Crippen LogP contribution in [0.25, 0.3) is 110 Å². The van der Waals surface area contributed by atoms with Crippen molar-refractivity contribution in [1.82, 2.24) is 19.1 Å². The maximum absolute atomic E-state index is 5.48. The van der Waals surface area contributed by atoms with Crippen LogP contribution in [0.1, 0.15) is 0 Å².